The van der Waals surface area contributed by atoms with Crippen molar-refractivity contribution in [1.29, 1.82) is 0 Å². The summed E-state index contributed by atoms with van der Waals surface area (Å²) in [6.07, 6.45) is 4.09. The Balaban J connectivity index is 2.03. The SMILES string of the molecule is CCCC(N)CC(=O)Nn1ccc2ccccc21. The van der Waals surface area contributed by atoms with Crippen LogP contribution in [0.2, 0.25) is 0 Å². The molecule has 1 unspecified atom stereocenters. The third-order valence-corrected chi connectivity index (χ3v) is 2.95. The first kappa shape index (κ1) is 12.6. The van der Waals surface area contributed by atoms with Crippen LogP contribution in [-0.2, 0) is 4.79 Å². The fraction of sp³-hybridized carbons (Fsp3) is 0.357. The van der Waals surface area contributed by atoms with Gasteiger partial charge in [0.25, 0.3) is 0 Å². The molecule has 1 heterocycles. The number of amides is 1. The van der Waals surface area contributed by atoms with E-state index >= 15 is 0 Å². The molecule has 0 aliphatic heterocycles. The maximum Gasteiger partial charge on any atom is 0.240 e. The van der Waals surface area contributed by atoms with E-state index < -0.39 is 0 Å². The van der Waals surface area contributed by atoms with Crippen LogP contribution in [0.1, 0.15) is 26.2 Å². The predicted molar refractivity (Wildman–Crippen MR) is 73.8 cm³/mol. The normalized spacial score (nSPS) is 12.6. The molecule has 0 saturated heterocycles. The van der Waals surface area contributed by atoms with Crippen molar-refractivity contribution >= 4 is 16.8 Å². The van der Waals surface area contributed by atoms with Gasteiger partial charge >= 0.3 is 0 Å². The molecule has 1 aromatic heterocycles. The Morgan fingerprint density at radius 2 is 2.17 bits per heavy atom. The number of para-hydroxylation sites is 1. The summed E-state index contributed by atoms with van der Waals surface area (Å²) in [7, 11) is 0. The minimum atomic E-state index is -0.0585. The van der Waals surface area contributed by atoms with Gasteiger partial charge in [-0.3, -0.25) is 14.9 Å². The van der Waals surface area contributed by atoms with Crippen LogP contribution in [0.3, 0.4) is 0 Å². The first-order valence-corrected chi connectivity index (χ1v) is 6.32. The highest BCUT2D eigenvalue weighted by atomic mass is 16.2. The number of hydrogen-bond acceptors (Lipinski definition) is 2. The van der Waals surface area contributed by atoms with Crippen LogP contribution in [0, 0.1) is 0 Å². The van der Waals surface area contributed by atoms with Crippen LogP contribution >= 0.6 is 0 Å². The molecule has 4 heteroatoms. The third-order valence-electron chi connectivity index (χ3n) is 2.95. The van der Waals surface area contributed by atoms with Crippen molar-refractivity contribution in [3.05, 3.63) is 36.5 Å². The van der Waals surface area contributed by atoms with Gasteiger partial charge in [-0.15, -0.1) is 0 Å². The van der Waals surface area contributed by atoms with Gasteiger partial charge in [0.2, 0.25) is 5.91 Å². The molecule has 0 saturated carbocycles. The van der Waals surface area contributed by atoms with Crippen LogP contribution in [0.4, 0.5) is 0 Å². The first-order valence-electron chi connectivity index (χ1n) is 6.32. The highest BCUT2D eigenvalue weighted by Gasteiger charge is 2.09. The Morgan fingerprint density at radius 3 is 2.94 bits per heavy atom. The van der Waals surface area contributed by atoms with E-state index in [0.29, 0.717) is 6.42 Å². The second kappa shape index (κ2) is 5.69. The Kier molecular flexibility index (Phi) is 3.99. The number of carbonyl (C=O) groups excluding carboxylic acids is 1. The molecule has 18 heavy (non-hydrogen) atoms. The quantitative estimate of drug-likeness (QED) is 0.848. The van der Waals surface area contributed by atoms with Gasteiger partial charge < -0.3 is 5.73 Å². The van der Waals surface area contributed by atoms with Crippen LogP contribution in [0.5, 0.6) is 0 Å². The molecule has 4 nitrogen and oxygen atoms in total. The predicted octanol–water partition coefficient (Wildman–Crippen LogP) is 2.23. The largest absolute Gasteiger partial charge is 0.327 e. The molecule has 0 spiro atoms. The number of fused-ring (bicyclic) bond motifs is 1. The lowest BCUT2D eigenvalue weighted by molar-refractivity contribution is -0.117. The number of benzene rings is 1. The molecule has 1 amide bonds. The highest BCUT2D eigenvalue weighted by molar-refractivity contribution is 5.88. The monoisotopic (exact) mass is 245 g/mol. The number of aromatic nitrogens is 1. The summed E-state index contributed by atoms with van der Waals surface area (Å²) in [5.74, 6) is -0.0442. The minimum absolute atomic E-state index is 0.0442. The van der Waals surface area contributed by atoms with Crippen molar-refractivity contribution in [1.82, 2.24) is 4.68 Å². The van der Waals surface area contributed by atoms with E-state index in [1.807, 2.05) is 36.5 Å². The van der Waals surface area contributed by atoms with Gasteiger partial charge in [-0.05, 0) is 18.6 Å². The van der Waals surface area contributed by atoms with Gasteiger partial charge in [-0.1, -0.05) is 31.5 Å². The number of hydrogen-bond donors (Lipinski definition) is 2. The molecule has 3 N–H and O–H groups in total. The average Bonchev–Trinajstić information content (AvgIpc) is 2.73. The second-order valence-electron chi connectivity index (χ2n) is 4.53. The van der Waals surface area contributed by atoms with E-state index in [4.69, 9.17) is 5.73 Å². The lowest BCUT2D eigenvalue weighted by atomic mass is 10.1. The van der Waals surface area contributed by atoms with Gasteiger partial charge in [0.15, 0.2) is 0 Å². The molecule has 1 aromatic carbocycles. The van der Waals surface area contributed by atoms with E-state index in [1.165, 1.54) is 0 Å². The summed E-state index contributed by atoms with van der Waals surface area (Å²) in [5.41, 5.74) is 9.70. The Hall–Kier alpha value is -1.81. The van der Waals surface area contributed by atoms with Crippen molar-refractivity contribution in [2.75, 3.05) is 5.43 Å². The van der Waals surface area contributed by atoms with E-state index in [0.717, 1.165) is 23.7 Å². The van der Waals surface area contributed by atoms with E-state index in [-0.39, 0.29) is 11.9 Å². The highest BCUT2D eigenvalue weighted by Crippen LogP contribution is 2.13. The topological polar surface area (TPSA) is 60.1 Å². The summed E-state index contributed by atoms with van der Waals surface area (Å²) in [6.45, 7) is 2.07. The lowest BCUT2D eigenvalue weighted by Crippen LogP contribution is -2.30. The van der Waals surface area contributed by atoms with Crippen molar-refractivity contribution < 1.29 is 4.79 Å². The Bertz CT molecular complexity index is 533. The lowest BCUT2D eigenvalue weighted by Gasteiger charge is -2.12. The second-order valence-corrected chi connectivity index (χ2v) is 4.53. The Morgan fingerprint density at radius 1 is 1.39 bits per heavy atom. The van der Waals surface area contributed by atoms with Gasteiger partial charge in [-0.2, -0.15) is 0 Å². The van der Waals surface area contributed by atoms with Crippen molar-refractivity contribution in [3.8, 4) is 0 Å². The summed E-state index contributed by atoms with van der Waals surface area (Å²) in [4.78, 5) is 11.8. The fourth-order valence-corrected chi connectivity index (χ4v) is 2.07. The molecule has 0 bridgehead atoms. The number of nitrogens with zero attached hydrogens (tertiary/aromatic N) is 1. The van der Waals surface area contributed by atoms with Crippen molar-refractivity contribution in [3.63, 3.8) is 0 Å². The van der Waals surface area contributed by atoms with Crippen LogP contribution in [0.15, 0.2) is 36.5 Å². The zero-order valence-electron chi connectivity index (χ0n) is 10.6. The van der Waals surface area contributed by atoms with Gasteiger partial charge in [0.05, 0.1) is 5.52 Å². The Labute approximate surface area is 107 Å². The smallest absolute Gasteiger partial charge is 0.240 e. The van der Waals surface area contributed by atoms with E-state index in [9.17, 15) is 4.79 Å². The fourth-order valence-electron chi connectivity index (χ4n) is 2.07. The molecule has 96 valence electrons. The maximum atomic E-state index is 11.8. The number of nitrogens with one attached hydrogen (secondary N) is 1. The standard InChI is InChI=1S/C14H19N3O/c1-2-5-12(15)10-14(18)16-17-9-8-11-6-3-4-7-13(11)17/h3-4,6-9,12H,2,5,10,15H2,1H3,(H,16,18). The van der Waals surface area contributed by atoms with Gasteiger partial charge in [0, 0.05) is 24.0 Å². The summed E-state index contributed by atoms with van der Waals surface area (Å²) < 4.78 is 1.75. The summed E-state index contributed by atoms with van der Waals surface area (Å²) in [5, 5.41) is 1.11. The van der Waals surface area contributed by atoms with Crippen LogP contribution in [0.25, 0.3) is 10.9 Å². The van der Waals surface area contributed by atoms with Crippen LogP contribution < -0.4 is 11.2 Å². The van der Waals surface area contributed by atoms with Gasteiger partial charge in [0.1, 0.15) is 0 Å². The summed E-state index contributed by atoms with van der Waals surface area (Å²) >= 11 is 0. The van der Waals surface area contributed by atoms with Gasteiger partial charge in [-0.25, -0.2) is 0 Å². The van der Waals surface area contributed by atoms with Crippen LogP contribution in [-0.4, -0.2) is 16.6 Å². The molecule has 0 fully saturated rings. The first-order chi connectivity index (χ1) is 8.70. The zero-order valence-corrected chi connectivity index (χ0v) is 10.6. The number of nitrogens with two attached hydrogens (primary N) is 1. The number of rotatable bonds is 5. The summed E-state index contributed by atoms with van der Waals surface area (Å²) in [6, 6.07) is 9.83. The van der Waals surface area contributed by atoms with E-state index in [1.54, 1.807) is 4.68 Å². The third kappa shape index (κ3) is 2.90. The maximum absolute atomic E-state index is 11.8. The van der Waals surface area contributed by atoms with Crippen molar-refractivity contribution in [2.24, 2.45) is 5.73 Å². The molecule has 0 aliphatic rings. The molecular formula is C14H19N3O. The molecule has 2 aromatic rings. The number of carbonyl (C=O) groups is 1. The molecule has 1 atom stereocenters. The molecule has 0 aliphatic carbocycles. The molecule has 2 rings (SSSR count). The van der Waals surface area contributed by atoms with Crippen molar-refractivity contribution in [2.45, 2.75) is 32.2 Å². The molecular weight excluding hydrogens is 226 g/mol. The average molecular weight is 245 g/mol. The zero-order chi connectivity index (χ0) is 13.0. The molecule has 0 radical (unpaired) electrons. The minimum Gasteiger partial charge on any atom is -0.327 e. The van der Waals surface area contributed by atoms with E-state index in [2.05, 4.69) is 12.3 Å².